The summed E-state index contributed by atoms with van der Waals surface area (Å²) in [6.45, 7) is 3.56. The van der Waals surface area contributed by atoms with Crippen molar-refractivity contribution in [3.8, 4) is 0 Å². The SMILES string of the molecule is CC(C)(C(=O)Nc1cc(C2(CO)CCC2)no1)S(=O)(=O)C1CCOCC1. The van der Waals surface area contributed by atoms with Crippen LogP contribution in [-0.2, 0) is 24.8 Å². The standard InChI is InChI=1S/C17H26N2O6S/c1-16(2,26(22,23)12-4-8-24-9-5-12)15(21)18-14-10-13(19-25-14)17(11-20)6-3-7-17/h10,12,20H,3-9,11H2,1-2H3,(H,18,21). The predicted molar refractivity (Wildman–Crippen MR) is 94.6 cm³/mol. The lowest BCUT2D eigenvalue weighted by atomic mass is 9.67. The van der Waals surface area contributed by atoms with E-state index in [2.05, 4.69) is 10.5 Å². The molecule has 0 spiro atoms. The number of aromatic nitrogens is 1. The summed E-state index contributed by atoms with van der Waals surface area (Å²) in [6, 6.07) is 1.57. The third-order valence-electron chi connectivity index (χ3n) is 5.77. The van der Waals surface area contributed by atoms with E-state index in [1.54, 1.807) is 6.07 Å². The van der Waals surface area contributed by atoms with Gasteiger partial charge in [-0.1, -0.05) is 11.6 Å². The van der Waals surface area contributed by atoms with Gasteiger partial charge in [-0.25, -0.2) is 8.42 Å². The maximum Gasteiger partial charge on any atom is 0.247 e. The number of hydrogen-bond donors (Lipinski definition) is 2. The number of carbonyl (C=O) groups excluding carboxylic acids is 1. The van der Waals surface area contributed by atoms with Crippen LogP contribution in [0.25, 0.3) is 0 Å². The summed E-state index contributed by atoms with van der Waals surface area (Å²) in [5.41, 5.74) is 0.183. The topological polar surface area (TPSA) is 119 Å². The number of aliphatic hydroxyl groups is 1. The Hall–Kier alpha value is -1.45. The molecule has 1 saturated carbocycles. The zero-order valence-electron chi connectivity index (χ0n) is 15.2. The van der Waals surface area contributed by atoms with E-state index in [0.29, 0.717) is 31.7 Å². The molecular formula is C17H26N2O6S. The Kier molecular flexibility index (Phi) is 5.15. The molecule has 1 aromatic heterocycles. The molecular weight excluding hydrogens is 360 g/mol. The van der Waals surface area contributed by atoms with Crippen molar-refractivity contribution in [2.45, 2.75) is 61.4 Å². The fourth-order valence-electron chi connectivity index (χ4n) is 3.48. The van der Waals surface area contributed by atoms with E-state index in [4.69, 9.17) is 9.26 Å². The van der Waals surface area contributed by atoms with Gasteiger partial charge in [0.25, 0.3) is 0 Å². The molecule has 146 valence electrons. The smallest absolute Gasteiger partial charge is 0.247 e. The highest BCUT2D eigenvalue weighted by Crippen LogP contribution is 2.43. The number of nitrogens with zero attached hydrogens (tertiary/aromatic N) is 1. The Morgan fingerprint density at radius 1 is 1.38 bits per heavy atom. The normalized spacial score (nSPS) is 21.2. The van der Waals surface area contributed by atoms with Crippen molar-refractivity contribution in [1.82, 2.24) is 5.16 Å². The number of aliphatic hydroxyl groups excluding tert-OH is 1. The number of sulfone groups is 1. The maximum absolute atomic E-state index is 12.9. The molecule has 2 fully saturated rings. The van der Waals surface area contributed by atoms with Gasteiger partial charge in [0, 0.05) is 24.7 Å². The van der Waals surface area contributed by atoms with Crippen LogP contribution >= 0.6 is 0 Å². The first-order chi connectivity index (χ1) is 12.2. The third kappa shape index (κ3) is 3.16. The number of nitrogens with one attached hydrogen (secondary N) is 1. The van der Waals surface area contributed by atoms with Gasteiger partial charge in [-0.2, -0.15) is 0 Å². The molecule has 3 rings (SSSR count). The van der Waals surface area contributed by atoms with Crippen molar-refractivity contribution < 1.29 is 27.6 Å². The highest BCUT2D eigenvalue weighted by molar-refractivity contribution is 7.94. The highest BCUT2D eigenvalue weighted by Gasteiger charge is 2.47. The Bertz CT molecular complexity index is 754. The van der Waals surface area contributed by atoms with E-state index in [-0.39, 0.29) is 12.5 Å². The van der Waals surface area contributed by atoms with Crippen LogP contribution in [0.4, 0.5) is 5.88 Å². The molecule has 1 amide bonds. The molecule has 2 heterocycles. The van der Waals surface area contributed by atoms with Crippen LogP contribution in [0.15, 0.2) is 10.6 Å². The first-order valence-electron chi connectivity index (χ1n) is 8.94. The first-order valence-corrected chi connectivity index (χ1v) is 10.5. The summed E-state index contributed by atoms with van der Waals surface area (Å²) in [5.74, 6) is -0.557. The molecule has 26 heavy (non-hydrogen) atoms. The van der Waals surface area contributed by atoms with Gasteiger partial charge in [0.2, 0.25) is 11.8 Å². The fraction of sp³-hybridized carbons (Fsp3) is 0.765. The molecule has 9 heteroatoms. The van der Waals surface area contributed by atoms with Gasteiger partial charge in [0.15, 0.2) is 9.84 Å². The quantitative estimate of drug-likeness (QED) is 0.758. The number of amides is 1. The van der Waals surface area contributed by atoms with Gasteiger partial charge < -0.3 is 14.4 Å². The number of carbonyl (C=O) groups is 1. The minimum absolute atomic E-state index is 0.0312. The van der Waals surface area contributed by atoms with Crippen molar-refractivity contribution in [3.63, 3.8) is 0 Å². The lowest BCUT2D eigenvalue weighted by Crippen LogP contribution is -2.50. The number of anilines is 1. The Labute approximate surface area is 153 Å². The number of hydrogen-bond acceptors (Lipinski definition) is 7. The molecule has 0 aromatic carbocycles. The van der Waals surface area contributed by atoms with Gasteiger partial charge in [-0.15, -0.1) is 0 Å². The average Bonchev–Trinajstić information content (AvgIpc) is 3.03. The predicted octanol–water partition coefficient (Wildman–Crippen LogP) is 1.40. The molecule has 1 aliphatic heterocycles. The van der Waals surface area contributed by atoms with Gasteiger partial charge in [-0.3, -0.25) is 10.1 Å². The van der Waals surface area contributed by atoms with Crippen LogP contribution in [0, 0.1) is 0 Å². The van der Waals surface area contributed by atoms with Crippen molar-refractivity contribution in [3.05, 3.63) is 11.8 Å². The second kappa shape index (κ2) is 6.94. The summed E-state index contributed by atoms with van der Waals surface area (Å²) in [7, 11) is -3.69. The molecule has 1 aliphatic carbocycles. The van der Waals surface area contributed by atoms with Crippen LogP contribution in [0.1, 0.15) is 51.6 Å². The largest absolute Gasteiger partial charge is 0.395 e. The monoisotopic (exact) mass is 386 g/mol. The van der Waals surface area contributed by atoms with Crippen molar-refractivity contribution >= 4 is 21.6 Å². The molecule has 1 aromatic rings. The first kappa shape index (κ1) is 19.3. The number of ether oxygens (including phenoxy) is 1. The van der Waals surface area contributed by atoms with Crippen LogP contribution in [-0.4, -0.2) is 54.4 Å². The second-order valence-electron chi connectivity index (χ2n) is 7.69. The van der Waals surface area contributed by atoms with Crippen LogP contribution in [0.5, 0.6) is 0 Å². The summed E-state index contributed by atoms with van der Waals surface area (Å²) >= 11 is 0. The van der Waals surface area contributed by atoms with Gasteiger partial charge in [0.1, 0.15) is 4.75 Å². The summed E-state index contributed by atoms with van der Waals surface area (Å²) in [6.07, 6.45) is 3.42. The molecule has 8 nitrogen and oxygen atoms in total. The van der Waals surface area contributed by atoms with Crippen molar-refractivity contribution in [2.75, 3.05) is 25.1 Å². The van der Waals surface area contributed by atoms with Gasteiger partial charge in [-0.05, 0) is 39.5 Å². The summed E-state index contributed by atoms with van der Waals surface area (Å²) in [4.78, 5) is 12.7. The van der Waals surface area contributed by atoms with Crippen molar-refractivity contribution in [2.24, 2.45) is 0 Å². The van der Waals surface area contributed by atoms with E-state index >= 15 is 0 Å². The Balaban J connectivity index is 1.73. The second-order valence-corrected chi connectivity index (χ2v) is 10.5. The van der Waals surface area contributed by atoms with E-state index in [1.165, 1.54) is 13.8 Å². The minimum atomic E-state index is -3.69. The van der Waals surface area contributed by atoms with Crippen molar-refractivity contribution in [1.29, 1.82) is 0 Å². The zero-order chi connectivity index (χ0) is 19.0. The highest BCUT2D eigenvalue weighted by atomic mass is 32.2. The summed E-state index contributed by atoms with van der Waals surface area (Å²) in [5, 5.41) is 15.5. The summed E-state index contributed by atoms with van der Waals surface area (Å²) < 4.78 is 34.6. The molecule has 0 unspecified atom stereocenters. The van der Waals surface area contributed by atoms with Crippen LogP contribution < -0.4 is 5.32 Å². The zero-order valence-corrected chi connectivity index (χ0v) is 16.0. The number of rotatable bonds is 6. The minimum Gasteiger partial charge on any atom is -0.395 e. The molecule has 0 bridgehead atoms. The molecule has 0 atom stereocenters. The third-order valence-corrected chi connectivity index (χ3v) is 8.73. The average molecular weight is 386 g/mol. The maximum atomic E-state index is 12.9. The van der Waals surface area contributed by atoms with E-state index in [0.717, 1.165) is 19.3 Å². The molecule has 1 saturated heterocycles. The fourth-order valence-corrected chi connectivity index (χ4v) is 5.43. The van der Waals surface area contributed by atoms with Crippen LogP contribution in [0.3, 0.4) is 0 Å². The van der Waals surface area contributed by atoms with Gasteiger partial charge in [0.05, 0.1) is 17.6 Å². The van der Waals surface area contributed by atoms with E-state index in [9.17, 15) is 18.3 Å². The van der Waals surface area contributed by atoms with Crippen LogP contribution in [0.2, 0.25) is 0 Å². The lowest BCUT2D eigenvalue weighted by molar-refractivity contribution is -0.118. The molecule has 2 N–H and O–H groups in total. The Morgan fingerprint density at radius 3 is 2.58 bits per heavy atom. The van der Waals surface area contributed by atoms with E-state index < -0.39 is 31.2 Å². The lowest BCUT2D eigenvalue weighted by Gasteiger charge is -2.38. The molecule has 0 radical (unpaired) electrons. The Morgan fingerprint density at radius 2 is 2.04 bits per heavy atom. The van der Waals surface area contributed by atoms with Gasteiger partial charge >= 0.3 is 0 Å². The molecule has 2 aliphatic rings. The van der Waals surface area contributed by atoms with E-state index in [1.807, 2.05) is 0 Å².